The summed E-state index contributed by atoms with van der Waals surface area (Å²) in [5.41, 5.74) is -0.605. The van der Waals surface area contributed by atoms with E-state index in [1.165, 1.54) is 24.6 Å². The highest BCUT2D eigenvalue weighted by Gasteiger charge is 2.32. The number of unbranched alkanes of at least 4 members (excludes halogenated alkanes) is 2. The van der Waals surface area contributed by atoms with Crippen LogP contribution in [-0.2, 0) is 19.1 Å². The molecule has 1 N–H and O–H groups in total. The Labute approximate surface area is 181 Å². The van der Waals surface area contributed by atoms with Crippen LogP contribution < -0.4 is 5.32 Å². The second-order valence-electron chi connectivity index (χ2n) is 9.45. The minimum Gasteiger partial charge on any atom is -0.459 e. The van der Waals surface area contributed by atoms with Gasteiger partial charge >= 0.3 is 5.97 Å². The normalized spacial score (nSPS) is 16.9. The average Bonchev–Trinajstić information content (AvgIpc) is 2.87. The molecular formula is C23H41NO4S. The number of nitrogens with one attached hydrogen (secondary N) is 1. The molecule has 0 aromatic carbocycles. The molecule has 1 saturated carbocycles. The number of amides is 1. The van der Waals surface area contributed by atoms with Crippen molar-refractivity contribution in [3.63, 3.8) is 0 Å². The quantitative estimate of drug-likeness (QED) is 0.223. The lowest BCUT2D eigenvalue weighted by Gasteiger charge is -2.25. The summed E-state index contributed by atoms with van der Waals surface area (Å²) in [6, 6.07) is 0.174. The SMILES string of the molecule is CC(C)C(=O)SCCCCCC(C(=O)NC1CCCCCC1)C(=O)OC(C)(C)C. The van der Waals surface area contributed by atoms with Crippen molar-refractivity contribution in [2.24, 2.45) is 11.8 Å². The van der Waals surface area contributed by atoms with Crippen LogP contribution in [-0.4, -0.2) is 34.4 Å². The van der Waals surface area contributed by atoms with Crippen molar-refractivity contribution in [3.05, 3.63) is 0 Å². The van der Waals surface area contributed by atoms with Crippen molar-refractivity contribution in [2.45, 2.75) is 110 Å². The lowest BCUT2D eigenvalue weighted by molar-refractivity contribution is -0.163. The highest BCUT2D eigenvalue weighted by molar-refractivity contribution is 8.13. The molecule has 1 rings (SSSR count). The Hall–Kier alpha value is -1.04. The van der Waals surface area contributed by atoms with Gasteiger partial charge in [-0.05, 0) is 46.5 Å². The Kier molecular flexibility index (Phi) is 11.9. The molecule has 1 fully saturated rings. The number of carbonyl (C=O) groups is 3. The van der Waals surface area contributed by atoms with Crippen molar-refractivity contribution in [1.82, 2.24) is 5.32 Å². The first-order chi connectivity index (χ1) is 13.6. The zero-order valence-electron chi connectivity index (χ0n) is 19.1. The maximum atomic E-state index is 12.9. The third kappa shape index (κ3) is 11.7. The van der Waals surface area contributed by atoms with Crippen molar-refractivity contribution >= 4 is 28.8 Å². The van der Waals surface area contributed by atoms with E-state index in [0.717, 1.165) is 50.7 Å². The molecule has 0 spiro atoms. The van der Waals surface area contributed by atoms with Gasteiger partial charge in [0.1, 0.15) is 11.5 Å². The fourth-order valence-corrected chi connectivity index (χ4v) is 4.30. The maximum Gasteiger partial charge on any atom is 0.319 e. The van der Waals surface area contributed by atoms with Crippen molar-refractivity contribution in [1.29, 1.82) is 0 Å². The van der Waals surface area contributed by atoms with Gasteiger partial charge in [0.25, 0.3) is 0 Å². The summed E-state index contributed by atoms with van der Waals surface area (Å²) >= 11 is 1.38. The second kappa shape index (κ2) is 13.3. The van der Waals surface area contributed by atoms with Gasteiger partial charge in [0.05, 0.1) is 0 Å². The molecular weight excluding hydrogens is 386 g/mol. The van der Waals surface area contributed by atoms with Crippen LogP contribution >= 0.6 is 11.8 Å². The van der Waals surface area contributed by atoms with Gasteiger partial charge in [0.2, 0.25) is 5.91 Å². The molecule has 0 heterocycles. The first-order valence-corrected chi connectivity index (χ1v) is 12.3. The van der Waals surface area contributed by atoms with E-state index in [2.05, 4.69) is 5.32 Å². The van der Waals surface area contributed by atoms with Gasteiger partial charge in [0, 0.05) is 17.7 Å². The van der Waals surface area contributed by atoms with Gasteiger partial charge in [-0.1, -0.05) is 64.1 Å². The van der Waals surface area contributed by atoms with Crippen LogP contribution in [0.1, 0.15) is 98.8 Å². The van der Waals surface area contributed by atoms with E-state index < -0.39 is 17.5 Å². The molecule has 0 aliphatic heterocycles. The van der Waals surface area contributed by atoms with E-state index in [-0.39, 0.29) is 23.0 Å². The number of ether oxygens (including phenoxy) is 1. The summed E-state index contributed by atoms with van der Waals surface area (Å²) in [7, 11) is 0. The molecule has 0 aromatic rings. The van der Waals surface area contributed by atoms with Crippen LogP contribution in [0.5, 0.6) is 0 Å². The van der Waals surface area contributed by atoms with E-state index in [4.69, 9.17) is 4.74 Å². The van der Waals surface area contributed by atoms with Gasteiger partial charge < -0.3 is 10.1 Å². The third-order valence-electron chi connectivity index (χ3n) is 5.06. The molecule has 1 atom stereocenters. The molecule has 0 bridgehead atoms. The van der Waals surface area contributed by atoms with E-state index in [1.54, 1.807) is 0 Å². The van der Waals surface area contributed by atoms with Crippen LogP contribution in [0.3, 0.4) is 0 Å². The average molecular weight is 428 g/mol. The van der Waals surface area contributed by atoms with Crippen LogP contribution in [0.4, 0.5) is 0 Å². The van der Waals surface area contributed by atoms with Crippen LogP contribution in [0.25, 0.3) is 0 Å². The van der Waals surface area contributed by atoms with Crippen LogP contribution in [0, 0.1) is 11.8 Å². The maximum absolute atomic E-state index is 12.9. The number of esters is 1. The lowest BCUT2D eigenvalue weighted by atomic mass is 9.98. The summed E-state index contributed by atoms with van der Waals surface area (Å²) in [6.07, 6.45) is 9.78. The first kappa shape index (κ1) is 26.0. The van der Waals surface area contributed by atoms with Crippen molar-refractivity contribution < 1.29 is 19.1 Å². The third-order valence-corrected chi connectivity index (χ3v) is 6.31. The van der Waals surface area contributed by atoms with Crippen molar-refractivity contribution in [2.75, 3.05) is 5.75 Å². The molecule has 5 nitrogen and oxygen atoms in total. The fourth-order valence-electron chi connectivity index (χ4n) is 3.42. The van der Waals surface area contributed by atoms with E-state index >= 15 is 0 Å². The predicted molar refractivity (Wildman–Crippen MR) is 120 cm³/mol. The zero-order chi connectivity index (χ0) is 21.9. The Balaban J connectivity index is 2.53. The molecule has 1 aliphatic carbocycles. The molecule has 6 heteroatoms. The van der Waals surface area contributed by atoms with Gasteiger partial charge in [-0.2, -0.15) is 0 Å². The fraction of sp³-hybridized carbons (Fsp3) is 0.870. The lowest BCUT2D eigenvalue weighted by Crippen LogP contribution is -2.43. The molecule has 0 saturated heterocycles. The second-order valence-corrected chi connectivity index (χ2v) is 10.6. The Morgan fingerprint density at radius 2 is 1.62 bits per heavy atom. The molecule has 0 aromatic heterocycles. The number of rotatable bonds is 10. The topological polar surface area (TPSA) is 72.5 Å². The summed E-state index contributed by atoms with van der Waals surface area (Å²) < 4.78 is 5.52. The van der Waals surface area contributed by atoms with Gasteiger partial charge in [-0.15, -0.1) is 0 Å². The minimum absolute atomic E-state index is 0.0595. The Morgan fingerprint density at radius 3 is 2.17 bits per heavy atom. The number of carbonyl (C=O) groups excluding carboxylic acids is 3. The standard InChI is InChI=1S/C23H41NO4S/c1-17(2)22(27)29-16-12-8-11-15-19(21(26)28-23(3,4)5)20(25)24-18-13-9-6-7-10-14-18/h17-19H,6-16H2,1-5H3,(H,24,25). The van der Waals surface area contributed by atoms with Gasteiger partial charge in [0.15, 0.2) is 5.12 Å². The molecule has 1 aliphatic rings. The predicted octanol–water partition coefficient (Wildman–Crippen LogP) is 5.26. The van der Waals surface area contributed by atoms with Gasteiger partial charge in [-0.25, -0.2) is 0 Å². The summed E-state index contributed by atoms with van der Waals surface area (Å²) in [6.45, 7) is 9.30. The highest BCUT2D eigenvalue weighted by atomic mass is 32.2. The van der Waals surface area contributed by atoms with Crippen LogP contribution in [0.15, 0.2) is 0 Å². The summed E-state index contributed by atoms with van der Waals surface area (Å²) in [5.74, 6) is -0.502. The number of hydrogen-bond acceptors (Lipinski definition) is 5. The minimum atomic E-state index is -0.748. The van der Waals surface area contributed by atoms with E-state index in [0.29, 0.717) is 6.42 Å². The highest BCUT2D eigenvalue weighted by Crippen LogP contribution is 2.21. The summed E-state index contributed by atoms with van der Waals surface area (Å²) in [5, 5.41) is 3.34. The number of thioether (sulfide) groups is 1. The first-order valence-electron chi connectivity index (χ1n) is 11.3. The molecule has 0 radical (unpaired) electrons. The molecule has 168 valence electrons. The largest absolute Gasteiger partial charge is 0.459 e. The van der Waals surface area contributed by atoms with Crippen molar-refractivity contribution in [3.8, 4) is 0 Å². The molecule has 1 amide bonds. The zero-order valence-corrected chi connectivity index (χ0v) is 19.9. The monoisotopic (exact) mass is 427 g/mol. The Bertz CT molecular complexity index is 519. The Morgan fingerprint density at radius 1 is 1.00 bits per heavy atom. The van der Waals surface area contributed by atoms with E-state index in [1.807, 2.05) is 34.6 Å². The smallest absolute Gasteiger partial charge is 0.319 e. The van der Waals surface area contributed by atoms with E-state index in [9.17, 15) is 14.4 Å². The molecule has 1 unspecified atom stereocenters. The van der Waals surface area contributed by atoms with Gasteiger partial charge in [-0.3, -0.25) is 14.4 Å². The number of hydrogen-bond donors (Lipinski definition) is 1. The van der Waals surface area contributed by atoms with Crippen LogP contribution in [0.2, 0.25) is 0 Å². The molecule has 29 heavy (non-hydrogen) atoms. The summed E-state index contributed by atoms with van der Waals surface area (Å²) in [4.78, 5) is 37.2.